The summed E-state index contributed by atoms with van der Waals surface area (Å²) in [6.45, 7) is 0. The molecule has 0 amide bonds. The van der Waals surface area contributed by atoms with Crippen LogP contribution in [0.1, 0.15) is 11.3 Å². The molecule has 0 N–H and O–H groups in total. The van der Waals surface area contributed by atoms with Crippen LogP contribution in [0.3, 0.4) is 0 Å². The maximum Gasteiger partial charge on any atom is 0.229 e. The van der Waals surface area contributed by atoms with Crippen molar-refractivity contribution in [3.63, 3.8) is 0 Å². The molecule has 0 fully saturated rings. The first-order valence-corrected chi connectivity index (χ1v) is 8.89. The first kappa shape index (κ1) is 16.8. The van der Waals surface area contributed by atoms with E-state index in [1.165, 1.54) is 0 Å². The van der Waals surface area contributed by atoms with Gasteiger partial charge in [-0.2, -0.15) is 4.98 Å². The minimum absolute atomic E-state index is 0.533. The standard InChI is InChI=1S/C20H14ClN3OS/c21-15-5-3-13(4-6-15)10-17(26)12-16-11-14(7-9-22-16)20-24-19-18(25-20)2-1-8-23-19/h1-9,11H,10,12H2. The minimum atomic E-state index is 0.533. The van der Waals surface area contributed by atoms with Gasteiger partial charge in [0.15, 0.2) is 11.2 Å². The molecule has 0 aliphatic heterocycles. The van der Waals surface area contributed by atoms with Gasteiger partial charge < -0.3 is 4.42 Å². The van der Waals surface area contributed by atoms with Gasteiger partial charge in [0.05, 0.1) is 0 Å². The molecule has 4 nitrogen and oxygen atoms in total. The van der Waals surface area contributed by atoms with Crippen LogP contribution in [0.2, 0.25) is 5.02 Å². The molecule has 0 bridgehead atoms. The van der Waals surface area contributed by atoms with Crippen LogP contribution in [0, 0.1) is 0 Å². The predicted molar refractivity (Wildman–Crippen MR) is 106 cm³/mol. The van der Waals surface area contributed by atoms with E-state index in [4.69, 9.17) is 28.2 Å². The molecule has 128 valence electrons. The molecule has 0 atom stereocenters. The first-order chi connectivity index (χ1) is 12.7. The molecule has 0 spiro atoms. The van der Waals surface area contributed by atoms with Crippen molar-refractivity contribution in [2.45, 2.75) is 12.8 Å². The predicted octanol–water partition coefficient (Wildman–Crippen LogP) is 5.09. The van der Waals surface area contributed by atoms with Crippen LogP contribution < -0.4 is 0 Å². The molecular weight excluding hydrogens is 366 g/mol. The number of nitrogens with zero attached hydrogens (tertiary/aromatic N) is 3. The Balaban J connectivity index is 1.51. The quantitative estimate of drug-likeness (QED) is 0.452. The molecule has 3 aromatic heterocycles. The number of rotatable bonds is 5. The van der Waals surface area contributed by atoms with E-state index < -0.39 is 0 Å². The lowest BCUT2D eigenvalue weighted by atomic mass is 10.1. The molecule has 4 aromatic rings. The van der Waals surface area contributed by atoms with E-state index >= 15 is 0 Å². The van der Waals surface area contributed by atoms with Crippen molar-refractivity contribution < 1.29 is 4.42 Å². The normalized spacial score (nSPS) is 11.0. The maximum atomic E-state index is 5.92. The molecule has 0 saturated heterocycles. The summed E-state index contributed by atoms with van der Waals surface area (Å²) in [4.78, 5) is 14.0. The second-order valence-corrected chi connectivity index (χ2v) is 6.91. The third-order valence-corrected chi connectivity index (χ3v) is 4.46. The molecule has 26 heavy (non-hydrogen) atoms. The zero-order valence-corrected chi connectivity index (χ0v) is 15.3. The van der Waals surface area contributed by atoms with Crippen LogP contribution in [0.4, 0.5) is 0 Å². The van der Waals surface area contributed by atoms with Gasteiger partial charge in [-0.05, 0) is 42.0 Å². The minimum Gasteiger partial charge on any atom is -0.434 e. The lowest BCUT2D eigenvalue weighted by Gasteiger charge is -2.05. The van der Waals surface area contributed by atoms with Crippen molar-refractivity contribution in [3.8, 4) is 11.5 Å². The summed E-state index contributed by atoms with van der Waals surface area (Å²) in [5.41, 5.74) is 4.15. The number of thiocarbonyl (C=S) groups is 1. The van der Waals surface area contributed by atoms with Gasteiger partial charge in [0, 0.05) is 46.4 Å². The molecule has 6 heteroatoms. The van der Waals surface area contributed by atoms with Gasteiger partial charge in [-0.15, -0.1) is 0 Å². The average Bonchev–Trinajstić information content (AvgIpc) is 3.08. The van der Waals surface area contributed by atoms with E-state index in [9.17, 15) is 0 Å². The Morgan fingerprint density at radius 2 is 1.85 bits per heavy atom. The largest absolute Gasteiger partial charge is 0.434 e. The van der Waals surface area contributed by atoms with Crippen LogP contribution >= 0.6 is 23.8 Å². The highest BCUT2D eigenvalue weighted by Gasteiger charge is 2.10. The van der Waals surface area contributed by atoms with Gasteiger partial charge in [-0.1, -0.05) is 36.0 Å². The number of fused-ring (bicyclic) bond motifs is 1. The van der Waals surface area contributed by atoms with E-state index in [2.05, 4.69) is 15.0 Å². The lowest BCUT2D eigenvalue weighted by Crippen LogP contribution is -2.05. The van der Waals surface area contributed by atoms with Crippen molar-refractivity contribution in [2.24, 2.45) is 0 Å². The Morgan fingerprint density at radius 3 is 2.65 bits per heavy atom. The number of pyridine rings is 2. The van der Waals surface area contributed by atoms with E-state index in [1.807, 2.05) is 48.5 Å². The van der Waals surface area contributed by atoms with Gasteiger partial charge in [0.2, 0.25) is 5.89 Å². The second-order valence-electron chi connectivity index (χ2n) is 5.90. The molecule has 0 aliphatic rings. The van der Waals surface area contributed by atoms with Gasteiger partial charge in [0.1, 0.15) is 0 Å². The molecule has 3 heterocycles. The van der Waals surface area contributed by atoms with E-state index in [-0.39, 0.29) is 0 Å². The van der Waals surface area contributed by atoms with Gasteiger partial charge in [0.25, 0.3) is 0 Å². The third-order valence-electron chi connectivity index (χ3n) is 3.92. The fraction of sp³-hybridized carbons (Fsp3) is 0.100. The summed E-state index contributed by atoms with van der Waals surface area (Å²) < 4.78 is 5.77. The number of hydrogen-bond donors (Lipinski definition) is 0. The molecular formula is C20H14ClN3OS. The highest BCUT2D eigenvalue weighted by Crippen LogP contribution is 2.23. The average molecular weight is 380 g/mol. The highest BCUT2D eigenvalue weighted by molar-refractivity contribution is 7.80. The van der Waals surface area contributed by atoms with Gasteiger partial charge in [-0.25, -0.2) is 4.98 Å². The van der Waals surface area contributed by atoms with Crippen LogP contribution in [-0.2, 0) is 12.8 Å². The highest BCUT2D eigenvalue weighted by atomic mass is 35.5. The Kier molecular flexibility index (Phi) is 4.73. The summed E-state index contributed by atoms with van der Waals surface area (Å²) >= 11 is 11.5. The summed E-state index contributed by atoms with van der Waals surface area (Å²) in [6, 6.07) is 15.2. The van der Waals surface area contributed by atoms with Crippen molar-refractivity contribution >= 4 is 39.9 Å². The zero-order valence-electron chi connectivity index (χ0n) is 13.7. The molecule has 0 saturated carbocycles. The molecule has 0 unspecified atom stereocenters. The lowest BCUT2D eigenvalue weighted by molar-refractivity contribution is 0.619. The Labute approximate surface area is 160 Å². The van der Waals surface area contributed by atoms with E-state index in [0.29, 0.717) is 30.0 Å². The van der Waals surface area contributed by atoms with Crippen LogP contribution in [-0.4, -0.2) is 19.8 Å². The number of halogens is 1. The summed E-state index contributed by atoms with van der Waals surface area (Å²) in [5, 5.41) is 0.724. The summed E-state index contributed by atoms with van der Waals surface area (Å²) in [5.74, 6) is 0.533. The van der Waals surface area contributed by atoms with Crippen molar-refractivity contribution in [1.29, 1.82) is 0 Å². The van der Waals surface area contributed by atoms with Crippen LogP contribution in [0.25, 0.3) is 22.7 Å². The molecule has 4 rings (SSSR count). The van der Waals surface area contributed by atoms with Gasteiger partial charge >= 0.3 is 0 Å². The topological polar surface area (TPSA) is 51.8 Å². The Morgan fingerprint density at radius 1 is 1.00 bits per heavy atom. The fourth-order valence-electron chi connectivity index (χ4n) is 2.69. The zero-order chi connectivity index (χ0) is 17.9. The summed E-state index contributed by atoms with van der Waals surface area (Å²) in [6.07, 6.45) is 4.77. The summed E-state index contributed by atoms with van der Waals surface area (Å²) in [7, 11) is 0. The van der Waals surface area contributed by atoms with E-state index in [0.717, 1.165) is 26.7 Å². The van der Waals surface area contributed by atoms with Crippen LogP contribution in [0.15, 0.2) is 65.3 Å². The third kappa shape index (κ3) is 3.79. The fourth-order valence-corrected chi connectivity index (χ4v) is 3.14. The molecule has 0 radical (unpaired) electrons. The Bertz CT molecular complexity index is 1040. The molecule has 0 aliphatic carbocycles. The first-order valence-electron chi connectivity index (χ1n) is 8.10. The number of hydrogen-bond acceptors (Lipinski definition) is 5. The number of oxazole rings is 1. The Hall–Kier alpha value is -2.63. The number of benzene rings is 1. The second kappa shape index (κ2) is 7.32. The van der Waals surface area contributed by atoms with E-state index in [1.54, 1.807) is 12.4 Å². The maximum absolute atomic E-state index is 5.92. The SMILES string of the molecule is S=C(Cc1ccc(Cl)cc1)Cc1cc(-c2nc3ncccc3o2)ccn1. The molecule has 1 aromatic carbocycles. The van der Waals surface area contributed by atoms with Crippen molar-refractivity contribution in [3.05, 3.63) is 77.2 Å². The smallest absolute Gasteiger partial charge is 0.229 e. The van der Waals surface area contributed by atoms with Crippen molar-refractivity contribution in [2.75, 3.05) is 0 Å². The van der Waals surface area contributed by atoms with Crippen molar-refractivity contribution in [1.82, 2.24) is 15.0 Å². The number of aromatic nitrogens is 3. The van der Waals surface area contributed by atoms with Gasteiger partial charge in [-0.3, -0.25) is 4.98 Å². The monoisotopic (exact) mass is 379 g/mol. The van der Waals surface area contributed by atoms with Crippen LogP contribution in [0.5, 0.6) is 0 Å².